The molecule has 0 saturated carbocycles. The molecule has 0 unspecified atom stereocenters. The number of rotatable bonds is 6. The molecule has 0 N–H and O–H groups in total. The number of hydrogen-bond acceptors (Lipinski definition) is 3. The summed E-state index contributed by atoms with van der Waals surface area (Å²) >= 11 is 0. The van der Waals surface area contributed by atoms with Crippen molar-refractivity contribution < 1.29 is 14.3 Å². The molecule has 1 aliphatic heterocycles. The van der Waals surface area contributed by atoms with Crippen molar-refractivity contribution in [2.45, 2.75) is 19.4 Å². The van der Waals surface area contributed by atoms with Gasteiger partial charge in [-0.25, -0.2) is 0 Å². The lowest BCUT2D eigenvalue weighted by Gasteiger charge is -2.22. The van der Waals surface area contributed by atoms with Crippen LogP contribution in [0.4, 0.5) is 0 Å². The maximum atomic E-state index is 12.6. The van der Waals surface area contributed by atoms with Crippen molar-refractivity contribution in [2.24, 2.45) is 0 Å². The van der Waals surface area contributed by atoms with E-state index in [1.165, 1.54) is 10.8 Å². The molecule has 0 atom stereocenters. The number of carbonyl (C=O) groups excluding carboxylic acids is 2. The Hall–Kier alpha value is -3.34. The fraction of sp³-hybridized carbons (Fsp3) is 0.280. The lowest BCUT2D eigenvalue weighted by molar-refractivity contribution is -0.131. The van der Waals surface area contributed by atoms with Gasteiger partial charge in [-0.3, -0.25) is 9.59 Å². The van der Waals surface area contributed by atoms with E-state index in [-0.39, 0.29) is 11.8 Å². The molecule has 2 amide bonds. The van der Waals surface area contributed by atoms with E-state index in [2.05, 4.69) is 30.3 Å². The average molecular weight is 402 g/mol. The molecule has 30 heavy (non-hydrogen) atoms. The highest BCUT2D eigenvalue weighted by molar-refractivity contribution is 5.83. The maximum Gasteiger partial charge on any atom is 0.226 e. The van der Waals surface area contributed by atoms with Gasteiger partial charge < -0.3 is 14.5 Å². The molecule has 3 aromatic rings. The Bertz CT molecular complexity index is 1020. The predicted molar refractivity (Wildman–Crippen MR) is 117 cm³/mol. The molecule has 0 radical (unpaired) electrons. The summed E-state index contributed by atoms with van der Waals surface area (Å²) in [6.45, 7) is 2.49. The summed E-state index contributed by atoms with van der Waals surface area (Å²) in [7, 11) is 0. The number of para-hydroxylation sites is 1. The van der Waals surface area contributed by atoms with Gasteiger partial charge >= 0.3 is 0 Å². The molecule has 0 spiro atoms. The normalized spacial score (nSPS) is 14.6. The van der Waals surface area contributed by atoms with Crippen LogP contribution >= 0.6 is 0 Å². The molecule has 4 rings (SSSR count). The molecule has 1 saturated heterocycles. The monoisotopic (exact) mass is 402 g/mol. The summed E-state index contributed by atoms with van der Waals surface area (Å²) in [4.78, 5) is 28.8. The summed E-state index contributed by atoms with van der Waals surface area (Å²) < 4.78 is 5.63. The van der Waals surface area contributed by atoms with Gasteiger partial charge in [-0.2, -0.15) is 0 Å². The van der Waals surface area contributed by atoms with Crippen LogP contribution in [0.5, 0.6) is 5.75 Å². The van der Waals surface area contributed by atoms with Crippen LogP contribution in [-0.4, -0.2) is 47.9 Å². The molecule has 154 valence electrons. The smallest absolute Gasteiger partial charge is 0.226 e. The molecule has 1 aliphatic rings. The first kappa shape index (κ1) is 20.0. The van der Waals surface area contributed by atoms with E-state index < -0.39 is 0 Å². The third-order valence-electron chi connectivity index (χ3n) is 5.46. The van der Waals surface area contributed by atoms with Crippen molar-refractivity contribution in [3.63, 3.8) is 0 Å². The molecule has 1 heterocycles. The number of benzene rings is 3. The molecule has 0 bridgehead atoms. The average Bonchev–Trinajstić information content (AvgIpc) is 2.96. The number of amides is 2. The zero-order valence-corrected chi connectivity index (χ0v) is 17.0. The van der Waals surface area contributed by atoms with Gasteiger partial charge in [0.2, 0.25) is 11.8 Å². The maximum absolute atomic E-state index is 12.6. The minimum absolute atomic E-state index is 0.0336. The summed E-state index contributed by atoms with van der Waals surface area (Å²) in [5.74, 6) is 0.892. The molecule has 5 nitrogen and oxygen atoms in total. The Morgan fingerprint density at radius 3 is 2.47 bits per heavy atom. The molecular weight excluding hydrogens is 376 g/mol. The third-order valence-corrected chi connectivity index (χ3v) is 5.46. The zero-order valence-electron chi connectivity index (χ0n) is 17.0. The Morgan fingerprint density at radius 2 is 1.63 bits per heavy atom. The summed E-state index contributed by atoms with van der Waals surface area (Å²) in [5, 5.41) is 2.37. The molecular formula is C25H26N2O3. The highest BCUT2D eigenvalue weighted by Gasteiger charge is 2.23. The first-order chi connectivity index (χ1) is 14.7. The largest absolute Gasteiger partial charge is 0.493 e. The number of ether oxygens (including phenoxy) is 1. The van der Waals surface area contributed by atoms with Crippen molar-refractivity contribution in [1.82, 2.24) is 9.80 Å². The number of carbonyl (C=O) groups is 2. The second-order valence-electron chi connectivity index (χ2n) is 7.54. The fourth-order valence-corrected chi connectivity index (χ4v) is 3.77. The van der Waals surface area contributed by atoms with E-state index in [0.717, 1.165) is 11.3 Å². The quantitative estimate of drug-likeness (QED) is 0.629. The SMILES string of the molecule is O=C(CCOc1ccccc1)N1CCC(=O)N(Cc2ccc3ccccc3c2)CC1. The van der Waals surface area contributed by atoms with Crippen LogP contribution in [0, 0.1) is 0 Å². The van der Waals surface area contributed by atoms with Crippen molar-refractivity contribution in [3.05, 3.63) is 78.4 Å². The van der Waals surface area contributed by atoms with Gasteiger partial charge in [0.05, 0.1) is 13.0 Å². The van der Waals surface area contributed by atoms with Crippen LogP contribution in [0.25, 0.3) is 10.8 Å². The van der Waals surface area contributed by atoms with Crippen LogP contribution in [0.3, 0.4) is 0 Å². The third kappa shape index (κ3) is 4.98. The molecule has 0 aliphatic carbocycles. The number of hydrogen-bond donors (Lipinski definition) is 0. The highest BCUT2D eigenvalue weighted by atomic mass is 16.5. The Balaban J connectivity index is 1.31. The second kappa shape index (κ2) is 9.44. The van der Waals surface area contributed by atoms with E-state index in [0.29, 0.717) is 45.6 Å². The minimum Gasteiger partial charge on any atom is -0.493 e. The Labute approximate surface area is 176 Å². The van der Waals surface area contributed by atoms with E-state index >= 15 is 0 Å². The summed E-state index contributed by atoms with van der Waals surface area (Å²) in [6, 6.07) is 24.0. The van der Waals surface area contributed by atoms with E-state index in [4.69, 9.17) is 4.74 Å². The van der Waals surface area contributed by atoms with Gasteiger partial charge in [-0.05, 0) is 34.5 Å². The van der Waals surface area contributed by atoms with E-state index in [1.54, 1.807) is 4.90 Å². The first-order valence-corrected chi connectivity index (χ1v) is 10.4. The van der Waals surface area contributed by atoms with Gasteiger partial charge in [0.1, 0.15) is 5.75 Å². The molecule has 1 fully saturated rings. The van der Waals surface area contributed by atoms with Gasteiger partial charge in [0.15, 0.2) is 0 Å². The summed E-state index contributed by atoms with van der Waals surface area (Å²) in [6.07, 6.45) is 0.673. The minimum atomic E-state index is 0.0336. The lowest BCUT2D eigenvalue weighted by Crippen LogP contribution is -2.36. The second-order valence-corrected chi connectivity index (χ2v) is 7.54. The highest BCUT2D eigenvalue weighted by Crippen LogP contribution is 2.18. The lowest BCUT2D eigenvalue weighted by atomic mass is 10.1. The molecule has 5 heteroatoms. The molecule has 0 aromatic heterocycles. The van der Waals surface area contributed by atoms with Gasteiger partial charge in [-0.1, -0.05) is 54.6 Å². The van der Waals surface area contributed by atoms with Gasteiger partial charge in [-0.15, -0.1) is 0 Å². The topological polar surface area (TPSA) is 49.9 Å². The Morgan fingerprint density at radius 1 is 0.867 bits per heavy atom. The molecule has 3 aromatic carbocycles. The van der Waals surface area contributed by atoms with E-state index in [1.807, 2.05) is 47.4 Å². The van der Waals surface area contributed by atoms with Crippen LogP contribution < -0.4 is 4.74 Å². The van der Waals surface area contributed by atoms with Crippen molar-refractivity contribution in [3.8, 4) is 5.75 Å². The first-order valence-electron chi connectivity index (χ1n) is 10.4. The number of fused-ring (bicyclic) bond motifs is 1. The predicted octanol–water partition coefficient (Wildman–Crippen LogP) is 3.87. The zero-order chi connectivity index (χ0) is 20.8. The Kier molecular flexibility index (Phi) is 6.28. The number of nitrogens with zero attached hydrogens (tertiary/aromatic N) is 2. The fourth-order valence-electron chi connectivity index (χ4n) is 3.77. The van der Waals surface area contributed by atoms with Crippen molar-refractivity contribution >= 4 is 22.6 Å². The standard InChI is InChI=1S/C25H26N2O3/c28-24-12-14-26(25(29)13-17-30-23-8-2-1-3-9-23)15-16-27(24)19-20-10-11-21-6-4-5-7-22(21)18-20/h1-11,18H,12-17,19H2. The van der Waals surface area contributed by atoms with Crippen molar-refractivity contribution in [2.75, 3.05) is 26.2 Å². The van der Waals surface area contributed by atoms with Crippen LogP contribution in [0.15, 0.2) is 72.8 Å². The van der Waals surface area contributed by atoms with Crippen LogP contribution in [0.2, 0.25) is 0 Å². The van der Waals surface area contributed by atoms with Crippen molar-refractivity contribution in [1.29, 1.82) is 0 Å². The van der Waals surface area contributed by atoms with Gasteiger partial charge in [0.25, 0.3) is 0 Å². The summed E-state index contributed by atoms with van der Waals surface area (Å²) in [5.41, 5.74) is 1.11. The van der Waals surface area contributed by atoms with Crippen LogP contribution in [0.1, 0.15) is 18.4 Å². The van der Waals surface area contributed by atoms with Gasteiger partial charge in [0, 0.05) is 32.6 Å². The van der Waals surface area contributed by atoms with E-state index in [9.17, 15) is 9.59 Å². The van der Waals surface area contributed by atoms with Crippen LogP contribution in [-0.2, 0) is 16.1 Å².